The number of carboxylic acids is 1. The highest BCUT2D eigenvalue weighted by molar-refractivity contribution is 6.31. The molecule has 9 heteroatoms. The van der Waals surface area contributed by atoms with Crippen molar-refractivity contribution in [1.82, 2.24) is 5.32 Å². The number of aliphatic carboxylic acids is 1. The molecule has 0 bridgehead atoms. The fraction of sp³-hybridized carbons (Fsp3) is 0.435. The van der Waals surface area contributed by atoms with Gasteiger partial charge in [0, 0.05) is 28.0 Å². The van der Waals surface area contributed by atoms with E-state index < -0.39 is 41.1 Å². The fourth-order valence-corrected chi connectivity index (χ4v) is 5.41. The molecule has 2 saturated heterocycles. The maximum atomic E-state index is 15.2. The van der Waals surface area contributed by atoms with E-state index >= 15 is 8.78 Å². The first-order chi connectivity index (χ1) is 15.1. The molecule has 2 aliphatic heterocycles. The van der Waals surface area contributed by atoms with E-state index in [4.69, 9.17) is 33.7 Å². The summed E-state index contributed by atoms with van der Waals surface area (Å²) < 4.78 is 35.8. The lowest BCUT2D eigenvalue weighted by Gasteiger charge is -2.46. The largest absolute Gasteiger partial charge is 0.480 e. The number of nitrogens with one attached hydrogen (secondary N) is 1. The van der Waals surface area contributed by atoms with E-state index in [0.29, 0.717) is 19.6 Å². The first-order valence-corrected chi connectivity index (χ1v) is 11.1. The molecule has 4 atom stereocenters. The van der Waals surface area contributed by atoms with Crippen LogP contribution in [0.2, 0.25) is 10.0 Å². The molecule has 2 aromatic rings. The molecule has 2 heterocycles. The Bertz CT molecular complexity index is 1040. The zero-order chi connectivity index (χ0) is 23.3. The van der Waals surface area contributed by atoms with Crippen LogP contribution in [0, 0.1) is 17.0 Å². The van der Waals surface area contributed by atoms with Crippen molar-refractivity contribution in [2.75, 3.05) is 13.2 Å². The van der Waals surface area contributed by atoms with E-state index in [-0.39, 0.29) is 26.6 Å². The van der Waals surface area contributed by atoms with Gasteiger partial charge in [0.1, 0.15) is 17.7 Å². The normalized spacial score (nSPS) is 29.0. The molecule has 0 aliphatic carbocycles. The highest BCUT2D eigenvalue weighted by Gasteiger charge is 2.60. The predicted molar refractivity (Wildman–Crippen MR) is 118 cm³/mol. The zero-order valence-corrected chi connectivity index (χ0v) is 18.9. The number of hydrogen-bond acceptors (Lipinski definition) is 4. The smallest absolute Gasteiger partial charge is 0.321 e. The molecule has 172 valence electrons. The highest BCUT2D eigenvalue weighted by atomic mass is 35.5. The minimum absolute atomic E-state index is 0.0205. The summed E-state index contributed by atoms with van der Waals surface area (Å²) in [5.74, 6) is -3.79. The third-order valence-corrected chi connectivity index (χ3v) is 7.52. The van der Waals surface area contributed by atoms with Gasteiger partial charge in [-0.15, -0.1) is 0 Å². The number of halogens is 4. The topological polar surface area (TPSA) is 84.6 Å². The number of nitrogens with two attached hydrogens (primary N) is 1. The van der Waals surface area contributed by atoms with Gasteiger partial charge in [-0.05, 0) is 36.6 Å². The monoisotopic (exact) mass is 484 g/mol. The molecule has 0 amide bonds. The van der Waals surface area contributed by atoms with Crippen molar-refractivity contribution < 1.29 is 23.4 Å². The van der Waals surface area contributed by atoms with Crippen LogP contribution in [-0.4, -0.2) is 36.4 Å². The lowest BCUT2D eigenvalue weighted by atomic mass is 9.66. The average Bonchev–Trinajstić information content (AvgIpc) is 3.00. The van der Waals surface area contributed by atoms with Gasteiger partial charge in [0.15, 0.2) is 0 Å². The zero-order valence-electron chi connectivity index (χ0n) is 17.4. The predicted octanol–water partition coefficient (Wildman–Crippen LogP) is 4.45. The number of hydrogen-bond donors (Lipinski definition) is 3. The van der Waals surface area contributed by atoms with E-state index in [1.165, 1.54) is 30.3 Å². The summed E-state index contributed by atoms with van der Waals surface area (Å²) in [5.41, 5.74) is 5.25. The molecule has 4 N–H and O–H groups in total. The molecule has 0 radical (unpaired) electrons. The second-order valence-corrected chi connectivity index (χ2v) is 9.61. The average molecular weight is 485 g/mol. The van der Waals surface area contributed by atoms with Crippen LogP contribution in [0.1, 0.15) is 36.8 Å². The van der Waals surface area contributed by atoms with Crippen LogP contribution in [0.4, 0.5) is 8.78 Å². The molecule has 2 aromatic carbocycles. The first kappa shape index (κ1) is 23.4. The number of rotatable bonds is 6. The lowest BCUT2D eigenvalue weighted by molar-refractivity contribution is -0.139. The Labute approximate surface area is 194 Å². The van der Waals surface area contributed by atoms with Gasteiger partial charge >= 0.3 is 5.97 Å². The fourth-order valence-electron chi connectivity index (χ4n) is 5.07. The molecule has 5 nitrogen and oxygen atoms in total. The Morgan fingerprint density at radius 3 is 2.56 bits per heavy atom. The maximum Gasteiger partial charge on any atom is 0.321 e. The van der Waals surface area contributed by atoms with Crippen molar-refractivity contribution in [3.63, 3.8) is 0 Å². The minimum atomic E-state index is -1.60. The lowest BCUT2D eigenvalue weighted by Crippen LogP contribution is -2.56. The van der Waals surface area contributed by atoms with Crippen LogP contribution in [0.15, 0.2) is 36.4 Å². The second kappa shape index (κ2) is 8.54. The molecule has 0 spiro atoms. The Morgan fingerprint density at radius 1 is 1.28 bits per heavy atom. The molecule has 2 aliphatic rings. The molecule has 32 heavy (non-hydrogen) atoms. The molecular formula is C23H24Cl2F2N2O3. The van der Waals surface area contributed by atoms with Crippen molar-refractivity contribution in [1.29, 1.82) is 0 Å². The third-order valence-electron chi connectivity index (χ3n) is 6.99. The van der Waals surface area contributed by atoms with E-state index in [2.05, 4.69) is 5.32 Å². The van der Waals surface area contributed by atoms with Crippen LogP contribution in [0.3, 0.4) is 0 Å². The Kier molecular flexibility index (Phi) is 6.24. The summed E-state index contributed by atoms with van der Waals surface area (Å²) in [6.45, 7) is 3.00. The first-order valence-electron chi connectivity index (χ1n) is 10.4. The minimum Gasteiger partial charge on any atom is -0.480 e. The van der Waals surface area contributed by atoms with Gasteiger partial charge in [0.2, 0.25) is 0 Å². The van der Waals surface area contributed by atoms with Crippen LogP contribution in [0.25, 0.3) is 0 Å². The molecule has 0 saturated carbocycles. The molecule has 4 rings (SSSR count). The van der Waals surface area contributed by atoms with Crippen LogP contribution >= 0.6 is 23.2 Å². The van der Waals surface area contributed by atoms with Gasteiger partial charge in [0.05, 0.1) is 23.8 Å². The molecular weight excluding hydrogens is 461 g/mol. The van der Waals surface area contributed by atoms with Crippen LogP contribution < -0.4 is 11.1 Å². The van der Waals surface area contributed by atoms with Gasteiger partial charge in [-0.2, -0.15) is 0 Å². The standard InChI is InChI=1S/C23H24Cl2F2N2O3/c1-2-22(10-32-11-22)9-17-23(28,14-7-6-12(24)8-16(14)26)18(20(29-17)21(30)31)13-4-3-5-15(25)19(13)27/h3-8,17-18,20,29H,2,9-11,28H2,1H3,(H,30,31). The van der Waals surface area contributed by atoms with Crippen molar-refractivity contribution in [3.8, 4) is 0 Å². The van der Waals surface area contributed by atoms with Crippen molar-refractivity contribution in [2.45, 2.75) is 43.3 Å². The Morgan fingerprint density at radius 2 is 2.00 bits per heavy atom. The summed E-state index contributed by atoms with van der Waals surface area (Å²) in [4.78, 5) is 12.3. The Balaban J connectivity index is 1.93. The summed E-state index contributed by atoms with van der Waals surface area (Å²) >= 11 is 12.0. The third kappa shape index (κ3) is 3.70. The quantitative estimate of drug-likeness (QED) is 0.563. The van der Waals surface area contributed by atoms with E-state index in [1.54, 1.807) is 0 Å². The van der Waals surface area contributed by atoms with Crippen molar-refractivity contribution in [3.05, 3.63) is 69.2 Å². The van der Waals surface area contributed by atoms with Gasteiger partial charge in [0.25, 0.3) is 0 Å². The summed E-state index contributed by atoms with van der Waals surface area (Å²) in [5, 5.41) is 13.1. The second-order valence-electron chi connectivity index (χ2n) is 8.76. The number of carboxylic acid groups (broad SMARTS) is 1. The molecule has 0 aromatic heterocycles. The number of ether oxygens (including phenoxy) is 1. The summed E-state index contributed by atoms with van der Waals surface area (Å²) in [6, 6.07) is 6.48. The summed E-state index contributed by atoms with van der Waals surface area (Å²) in [6.07, 6.45) is 1.21. The Hall–Kier alpha value is -1.77. The maximum absolute atomic E-state index is 15.2. The van der Waals surface area contributed by atoms with Crippen molar-refractivity contribution >= 4 is 29.2 Å². The van der Waals surface area contributed by atoms with E-state index in [9.17, 15) is 9.90 Å². The number of benzene rings is 2. The van der Waals surface area contributed by atoms with Gasteiger partial charge < -0.3 is 15.6 Å². The van der Waals surface area contributed by atoms with Crippen molar-refractivity contribution in [2.24, 2.45) is 11.1 Å². The SMILES string of the molecule is CCC1(CC2NC(C(=O)O)C(c3cccc(Cl)c3F)C2(N)c2ccc(Cl)cc2F)COC1. The van der Waals surface area contributed by atoms with E-state index in [0.717, 1.165) is 12.5 Å². The van der Waals surface area contributed by atoms with E-state index in [1.807, 2.05) is 6.92 Å². The van der Waals surface area contributed by atoms with Gasteiger partial charge in [-0.3, -0.25) is 10.1 Å². The van der Waals surface area contributed by atoms with Crippen LogP contribution in [-0.2, 0) is 15.1 Å². The summed E-state index contributed by atoms with van der Waals surface area (Å²) in [7, 11) is 0. The van der Waals surface area contributed by atoms with Gasteiger partial charge in [-0.1, -0.05) is 48.3 Å². The van der Waals surface area contributed by atoms with Crippen LogP contribution in [0.5, 0.6) is 0 Å². The molecule has 2 fully saturated rings. The number of carbonyl (C=O) groups is 1. The highest BCUT2D eigenvalue weighted by Crippen LogP contribution is 2.51. The van der Waals surface area contributed by atoms with Gasteiger partial charge in [-0.25, -0.2) is 8.78 Å². The molecule has 4 unspecified atom stereocenters.